The Bertz CT molecular complexity index is 1300. The summed E-state index contributed by atoms with van der Waals surface area (Å²) in [5, 5.41) is 5.50. The number of benzene rings is 2. The number of nitrogen functional groups attached to an aromatic ring is 2. The van der Waals surface area contributed by atoms with Crippen molar-refractivity contribution in [2.24, 2.45) is 15.9 Å². The molecule has 32 heavy (non-hydrogen) atoms. The molecule has 0 bridgehead atoms. The van der Waals surface area contributed by atoms with Crippen LogP contribution in [0.4, 0.5) is 11.6 Å². The molecule has 0 spiro atoms. The Morgan fingerprint density at radius 3 is 2.00 bits per heavy atom. The van der Waals surface area contributed by atoms with E-state index in [1.807, 2.05) is 48.5 Å². The van der Waals surface area contributed by atoms with Gasteiger partial charge in [-0.15, -0.1) is 0 Å². The van der Waals surface area contributed by atoms with Crippen molar-refractivity contribution in [2.75, 3.05) is 31.2 Å². The smallest absolute Gasteiger partial charge is 0.134 e. The molecule has 0 aliphatic carbocycles. The first kappa shape index (κ1) is 20.9. The quantitative estimate of drug-likeness (QED) is 0.169. The number of nitrogens with two attached hydrogens (primary N) is 3. The molecule has 0 saturated carbocycles. The lowest BCUT2D eigenvalue weighted by molar-refractivity contribution is 0.333. The topological polar surface area (TPSA) is 147 Å². The predicted molar refractivity (Wildman–Crippen MR) is 128 cm³/mol. The zero-order valence-corrected chi connectivity index (χ0v) is 17.3. The number of hydrogen-bond donors (Lipinski definition) is 3. The highest BCUT2D eigenvalue weighted by atomic mass is 16.5. The van der Waals surface area contributed by atoms with Crippen LogP contribution in [0.3, 0.4) is 0 Å². The zero-order valence-electron chi connectivity index (χ0n) is 17.3. The fourth-order valence-corrected chi connectivity index (χ4v) is 3.17. The van der Waals surface area contributed by atoms with Gasteiger partial charge in [0.05, 0.1) is 17.6 Å². The van der Waals surface area contributed by atoms with Gasteiger partial charge in [-0.2, -0.15) is 5.10 Å². The molecule has 4 aromatic rings. The van der Waals surface area contributed by atoms with Gasteiger partial charge in [-0.05, 0) is 48.5 Å². The number of ether oxygens (including phenoxy) is 2. The van der Waals surface area contributed by atoms with Gasteiger partial charge >= 0.3 is 0 Å². The first-order chi connectivity index (χ1) is 15.6. The highest BCUT2D eigenvalue weighted by molar-refractivity contribution is 6.31. The van der Waals surface area contributed by atoms with E-state index in [9.17, 15) is 0 Å². The Morgan fingerprint density at radius 1 is 0.812 bits per heavy atom. The van der Waals surface area contributed by atoms with E-state index in [1.165, 1.54) is 0 Å². The summed E-state index contributed by atoms with van der Waals surface area (Å²) in [4.78, 5) is 12.9. The summed E-state index contributed by atoms with van der Waals surface area (Å²) in [6, 6.07) is 18.5. The molecular weight excluding hydrogens is 406 g/mol. The lowest BCUT2D eigenvalue weighted by Crippen LogP contribution is -2.16. The standard InChI is InChI=1S/C23H23N7O2/c24-22-9-7-16-18(28-22)3-1-5-20(16)31-12-11-27-13-15(30-26)14-32-21-6-2-4-19-17(21)8-10-23(25)29-19/h1-10,13H,11-12,14,26H2,(H2,24,28)(H2,25,29). The van der Waals surface area contributed by atoms with Crippen molar-refractivity contribution in [3.8, 4) is 11.5 Å². The number of rotatable bonds is 8. The average Bonchev–Trinajstić information content (AvgIpc) is 2.80. The van der Waals surface area contributed by atoms with Gasteiger partial charge in [0.1, 0.15) is 42.1 Å². The Labute approximate surface area is 184 Å². The molecule has 6 N–H and O–H groups in total. The highest BCUT2D eigenvalue weighted by Gasteiger charge is 2.06. The van der Waals surface area contributed by atoms with Gasteiger partial charge < -0.3 is 26.8 Å². The largest absolute Gasteiger partial charge is 0.491 e. The first-order valence-corrected chi connectivity index (χ1v) is 9.97. The molecule has 0 amide bonds. The van der Waals surface area contributed by atoms with Gasteiger partial charge in [0.25, 0.3) is 0 Å². The number of anilines is 2. The predicted octanol–water partition coefficient (Wildman–Crippen LogP) is 2.79. The SMILES string of the molecule is NN=C(C=NCCOc1cccc2nc(N)ccc12)COc1cccc2nc(N)ccc12. The first-order valence-electron chi connectivity index (χ1n) is 9.97. The van der Waals surface area contributed by atoms with Crippen molar-refractivity contribution in [3.63, 3.8) is 0 Å². The van der Waals surface area contributed by atoms with Crippen LogP contribution < -0.4 is 26.8 Å². The molecule has 2 heterocycles. The monoisotopic (exact) mass is 429 g/mol. The Balaban J connectivity index is 1.32. The molecule has 0 unspecified atom stereocenters. The summed E-state index contributed by atoms with van der Waals surface area (Å²) in [5.41, 5.74) is 13.5. The number of fused-ring (bicyclic) bond motifs is 2. The molecule has 0 atom stereocenters. The summed E-state index contributed by atoms with van der Waals surface area (Å²) in [6.07, 6.45) is 1.58. The molecule has 0 saturated heterocycles. The van der Waals surface area contributed by atoms with Crippen molar-refractivity contribution < 1.29 is 9.47 Å². The number of aliphatic imine (C=N–C) groups is 1. The van der Waals surface area contributed by atoms with Crippen molar-refractivity contribution in [1.82, 2.24) is 9.97 Å². The number of hydrazone groups is 1. The number of nitrogens with zero attached hydrogens (tertiary/aromatic N) is 4. The molecule has 2 aromatic heterocycles. The van der Waals surface area contributed by atoms with Crippen LogP contribution in [-0.2, 0) is 0 Å². The Morgan fingerprint density at radius 2 is 1.41 bits per heavy atom. The average molecular weight is 429 g/mol. The second-order valence-electron chi connectivity index (χ2n) is 6.91. The third kappa shape index (κ3) is 4.84. The molecule has 9 nitrogen and oxygen atoms in total. The van der Waals surface area contributed by atoms with Gasteiger partial charge in [0.2, 0.25) is 0 Å². The van der Waals surface area contributed by atoms with Crippen LogP contribution >= 0.6 is 0 Å². The summed E-state index contributed by atoms with van der Waals surface area (Å²) in [5.74, 6) is 7.81. The van der Waals surface area contributed by atoms with E-state index in [0.717, 1.165) is 27.6 Å². The second kappa shape index (κ2) is 9.61. The third-order valence-corrected chi connectivity index (χ3v) is 4.69. The Kier molecular flexibility index (Phi) is 6.26. The minimum atomic E-state index is 0.167. The number of aromatic nitrogens is 2. The van der Waals surface area contributed by atoms with Crippen LogP contribution in [0.5, 0.6) is 11.5 Å². The normalized spacial score (nSPS) is 11.9. The van der Waals surface area contributed by atoms with Crippen LogP contribution in [0.15, 0.2) is 70.8 Å². The van der Waals surface area contributed by atoms with Crippen LogP contribution in [0.1, 0.15) is 0 Å². The third-order valence-electron chi connectivity index (χ3n) is 4.69. The van der Waals surface area contributed by atoms with Gasteiger partial charge in [-0.1, -0.05) is 12.1 Å². The molecule has 162 valence electrons. The van der Waals surface area contributed by atoms with Crippen molar-refractivity contribution >= 4 is 45.4 Å². The van der Waals surface area contributed by atoms with Crippen LogP contribution in [0, 0.1) is 0 Å². The van der Waals surface area contributed by atoms with E-state index in [-0.39, 0.29) is 6.61 Å². The van der Waals surface area contributed by atoms with Gasteiger partial charge in [-0.3, -0.25) is 4.99 Å². The molecular formula is C23H23N7O2. The van der Waals surface area contributed by atoms with Gasteiger partial charge in [-0.25, -0.2) is 9.97 Å². The molecule has 0 aliphatic rings. The maximum atomic E-state index is 5.87. The molecule has 0 fully saturated rings. The van der Waals surface area contributed by atoms with E-state index in [4.69, 9.17) is 26.8 Å². The highest BCUT2D eigenvalue weighted by Crippen LogP contribution is 2.26. The maximum Gasteiger partial charge on any atom is 0.134 e. The van der Waals surface area contributed by atoms with Crippen LogP contribution in [0.2, 0.25) is 0 Å². The van der Waals surface area contributed by atoms with E-state index in [2.05, 4.69) is 20.1 Å². The van der Waals surface area contributed by atoms with Crippen molar-refractivity contribution in [3.05, 3.63) is 60.7 Å². The summed E-state index contributed by atoms with van der Waals surface area (Å²) >= 11 is 0. The van der Waals surface area contributed by atoms with E-state index in [1.54, 1.807) is 18.3 Å². The van der Waals surface area contributed by atoms with Crippen molar-refractivity contribution in [2.45, 2.75) is 0 Å². The molecule has 0 aliphatic heterocycles. The molecule has 2 aromatic carbocycles. The van der Waals surface area contributed by atoms with E-state index >= 15 is 0 Å². The lowest BCUT2D eigenvalue weighted by atomic mass is 10.2. The fraction of sp³-hybridized carbons (Fsp3) is 0.130. The Hall–Kier alpha value is -4.40. The molecule has 4 rings (SSSR count). The van der Waals surface area contributed by atoms with Gasteiger partial charge in [0, 0.05) is 17.0 Å². The summed E-state index contributed by atoms with van der Waals surface area (Å²) < 4.78 is 11.7. The lowest BCUT2D eigenvalue weighted by Gasteiger charge is -2.09. The van der Waals surface area contributed by atoms with E-state index < -0.39 is 0 Å². The number of hydrogen-bond acceptors (Lipinski definition) is 9. The summed E-state index contributed by atoms with van der Waals surface area (Å²) in [6.45, 7) is 0.977. The minimum Gasteiger partial charge on any atom is -0.491 e. The zero-order chi connectivity index (χ0) is 22.3. The fourth-order valence-electron chi connectivity index (χ4n) is 3.17. The molecule has 9 heteroatoms. The van der Waals surface area contributed by atoms with Crippen LogP contribution in [0.25, 0.3) is 21.8 Å². The minimum absolute atomic E-state index is 0.167. The number of pyridine rings is 2. The van der Waals surface area contributed by atoms with E-state index in [0.29, 0.717) is 36.2 Å². The maximum absolute atomic E-state index is 5.87. The second-order valence-corrected chi connectivity index (χ2v) is 6.91. The summed E-state index contributed by atoms with van der Waals surface area (Å²) in [7, 11) is 0. The van der Waals surface area contributed by atoms with Crippen molar-refractivity contribution in [1.29, 1.82) is 0 Å². The van der Waals surface area contributed by atoms with Crippen LogP contribution in [-0.4, -0.2) is 41.7 Å². The molecule has 0 radical (unpaired) electrons. The van der Waals surface area contributed by atoms with Gasteiger partial charge in [0.15, 0.2) is 0 Å².